The van der Waals surface area contributed by atoms with Crippen molar-refractivity contribution in [1.29, 1.82) is 0 Å². The van der Waals surface area contributed by atoms with E-state index in [1.807, 2.05) is 24.3 Å². The third-order valence-corrected chi connectivity index (χ3v) is 6.62. The number of anilines is 1. The number of carbonyl (C=O) groups is 1. The predicted molar refractivity (Wildman–Crippen MR) is 124 cm³/mol. The van der Waals surface area contributed by atoms with Crippen molar-refractivity contribution < 1.29 is 27.8 Å². The van der Waals surface area contributed by atoms with Gasteiger partial charge in [0.2, 0.25) is 11.8 Å². The molecule has 0 bridgehead atoms. The summed E-state index contributed by atoms with van der Waals surface area (Å²) in [5.74, 6) is -1.80. The van der Waals surface area contributed by atoms with Crippen molar-refractivity contribution in [2.45, 2.75) is 63.6 Å². The van der Waals surface area contributed by atoms with Gasteiger partial charge in [-0.3, -0.25) is 4.79 Å². The summed E-state index contributed by atoms with van der Waals surface area (Å²) >= 11 is 0. The highest BCUT2D eigenvalue weighted by atomic mass is 19.3. The van der Waals surface area contributed by atoms with Gasteiger partial charge >= 0.3 is 0 Å². The molecule has 1 atom stereocenters. The van der Waals surface area contributed by atoms with Crippen LogP contribution in [-0.4, -0.2) is 44.5 Å². The lowest BCUT2D eigenvalue weighted by molar-refractivity contribution is -0.160. The lowest BCUT2D eigenvalue weighted by Crippen LogP contribution is -2.34. The summed E-state index contributed by atoms with van der Waals surface area (Å²) in [7, 11) is 0. The number of amides is 1. The molecule has 0 radical (unpaired) electrons. The lowest BCUT2D eigenvalue weighted by atomic mass is 9.86. The monoisotopic (exact) mass is 461 g/mol. The molecule has 180 valence electrons. The van der Waals surface area contributed by atoms with Gasteiger partial charge < -0.3 is 19.1 Å². The van der Waals surface area contributed by atoms with Gasteiger partial charge in [0, 0.05) is 49.2 Å². The summed E-state index contributed by atoms with van der Waals surface area (Å²) in [6.07, 6.45) is 9.66. The Hall–Kier alpha value is -2.25. The summed E-state index contributed by atoms with van der Waals surface area (Å²) in [6, 6.07) is 3.91. The molecular weight excluding hydrogens is 428 g/mol. The summed E-state index contributed by atoms with van der Waals surface area (Å²) in [5, 5.41) is 0. The Kier molecular flexibility index (Phi) is 7.81. The van der Waals surface area contributed by atoms with Crippen LogP contribution in [0.1, 0.15) is 56.1 Å². The van der Waals surface area contributed by atoms with Gasteiger partial charge in [0.1, 0.15) is 5.75 Å². The molecule has 1 aliphatic carbocycles. The van der Waals surface area contributed by atoms with Crippen LogP contribution in [0.3, 0.4) is 0 Å². The van der Waals surface area contributed by atoms with Crippen LogP contribution in [0.5, 0.6) is 5.75 Å². The molecule has 0 spiro atoms. The summed E-state index contributed by atoms with van der Waals surface area (Å²) in [5.41, 5.74) is 2.67. The molecule has 7 heteroatoms. The molecule has 1 amide bonds. The number of hydrogen-bond acceptors (Lipinski definition) is 4. The summed E-state index contributed by atoms with van der Waals surface area (Å²) in [4.78, 5) is 14.3. The average molecular weight is 462 g/mol. The molecule has 2 heterocycles. The number of halogens is 2. The van der Waals surface area contributed by atoms with Gasteiger partial charge in [-0.1, -0.05) is 18.7 Å². The number of benzene rings is 1. The van der Waals surface area contributed by atoms with Crippen LogP contribution in [0.4, 0.5) is 14.5 Å². The molecule has 5 nitrogen and oxygen atoms in total. The van der Waals surface area contributed by atoms with Crippen LogP contribution >= 0.6 is 0 Å². The maximum Gasteiger partial charge on any atom is 0.250 e. The highest BCUT2D eigenvalue weighted by molar-refractivity contribution is 6.01. The molecule has 1 aromatic rings. The molecule has 4 rings (SSSR count). The average Bonchev–Trinajstić information content (AvgIpc) is 3.30. The maximum absolute atomic E-state index is 13.5. The number of ether oxygens (including phenoxy) is 3. The van der Waals surface area contributed by atoms with E-state index in [0.29, 0.717) is 39.2 Å². The number of allylic oxidation sites excluding steroid dienone is 1. The molecule has 3 aliphatic rings. The van der Waals surface area contributed by atoms with Crippen LogP contribution < -0.4 is 9.64 Å². The Morgan fingerprint density at radius 3 is 2.76 bits per heavy atom. The first-order chi connectivity index (χ1) is 15.9. The van der Waals surface area contributed by atoms with E-state index in [1.165, 1.54) is 6.08 Å². The number of nitrogens with zero attached hydrogens (tertiary/aromatic N) is 1. The molecule has 1 saturated heterocycles. The predicted octanol–water partition coefficient (Wildman–Crippen LogP) is 5.52. The third kappa shape index (κ3) is 6.21. The van der Waals surface area contributed by atoms with Gasteiger partial charge in [-0.15, -0.1) is 0 Å². The van der Waals surface area contributed by atoms with E-state index in [-0.39, 0.29) is 31.0 Å². The van der Waals surface area contributed by atoms with Crippen molar-refractivity contribution in [2.24, 2.45) is 5.92 Å². The largest absolute Gasteiger partial charge is 0.492 e. The zero-order chi connectivity index (χ0) is 23.3. The van der Waals surface area contributed by atoms with Gasteiger partial charge in [-0.25, -0.2) is 8.78 Å². The first-order valence-electron chi connectivity index (χ1n) is 12.0. The number of alkyl halides is 2. The number of carbonyl (C=O) groups excluding carboxylic acids is 1. The Morgan fingerprint density at radius 1 is 1.21 bits per heavy atom. The van der Waals surface area contributed by atoms with Crippen molar-refractivity contribution in [3.63, 3.8) is 0 Å². The minimum atomic E-state index is -2.54. The fourth-order valence-electron chi connectivity index (χ4n) is 4.69. The number of rotatable bonds is 8. The highest BCUT2D eigenvalue weighted by Gasteiger charge is 2.34. The molecule has 0 N–H and O–H groups in total. The van der Waals surface area contributed by atoms with Gasteiger partial charge in [-0.05, 0) is 56.2 Å². The minimum Gasteiger partial charge on any atom is -0.492 e. The van der Waals surface area contributed by atoms with Crippen LogP contribution in [0.15, 0.2) is 30.9 Å². The van der Waals surface area contributed by atoms with Crippen LogP contribution in [-0.2, 0) is 20.7 Å². The number of fused-ring (bicyclic) bond motifs is 1. The lowest BCUT2D eigenvalue weighted by Gasteiger charge is -2.27. The van der Waals surface area contributed by atoms with Gasteiger partial charge in [0.15, 0.2) is 6.29 Å². The summed E-state index contributed by atoms with van der Waals surface area (Å²) < 4.78 is 44.3. The van der Waals surface area contributed by atoms with Crippen LogP contribution in [0, 0.1) is 5.92 Å². The van der Waals surface area contributed by atoms with E-state index < -0.39 is 5.92 Å². The maximum atomic E-state index is 13.5. The van der Waals surface area contributed by atoms with Crippen molar-refractivity contribution >= 4 is 17.7 Å². The first kappa shape index (κ1) is 23.9. The first-order valence-corrected chi connectivity index (χ1v) is 12.0. The van der Waals surface area contributed by atoms with E-state index in [9.17, 15) is 13.6 Å². The van der Waals surface area contributed by atoms with Gasteiger partial charge in [0.05, 0.1) is 13.2 Å². The second-order valence-corrected chi connectivity index (χ2v) is 9.04. The molecule has 1 aromatic carbocycles. The van der Waals surface area contributed by atoms with Crippen molar-refractivity contribution in [3.8, 4) is 5.75 Å². The standard InChI is InChI=1S/C26H33F2NO4/c1-2-23(30)29(13-16-32-24-5-3-4-14-31-24)22-17-20(25-21(18-22)10-15-33-25)7-6-19-8-11-26(27,28)12-9-19/h2,6-7,17-19,24H,1,3-5,8-16H2/b7-6+. The SMILES string of the molecule is C=CC(=O)N(CCOC1CCCCO1)c1cc(/C=C/C2CCC(F)(F)CC2)c2c(c1)CCO2. The van der Waals surface area contributed by atoms with Crippen molar-refractivity contribution in [3.05, 3.63) is 42.0 Å². The van der Waals surface area contributed by atoms with E-state index in [0.717, 1.165) is 48.2 Å². The third-order valence-electron chi connectivity index (χ3n) is 6.62. The van der Waals surface area contributed by atoms with Crippen molar-refractivity contribution in [2.75, 3.05) is 31.3 Å². The quantitative estimate of drug-likeness (QED) is 0.478. The van der Waals surface area contributed by atoms with Crippen LogP contribution in [0.2, 0.25) is 0 Å². The molecule has 2 fully saturated rings. The molecule has 2 aliphatic heterocycles. The molecule has 33 heavy (non-hydrogen) atoms. The molecule has 0 aromatic heterocycles. The van der Waals surface area contributed by atoms with Gasteiger partial charge in [0.25, 0.3) is 0 Å². The second-order valence-electron chi connectivity index (χ2n) is 9.04. The zero-order valence-corrected chi connectivity index (χ0v) is 19.1. The molecule has 1 unspecified atom stereocenters. The fraction of sp³-hybridized carbons (Fsp3) is 0.577. The Morgan fingerprint density at radius 2 is 2.03 bits per heavy atom. The smallest absolute Gasteiger partial charge is 0.250 e. The molecule has 1 saturated carbocycles. The minimum absolute atomic E-state index is 0.0665. The van der Waals surface area contributed by atoms with Gasteiger partial charge in [-0.2, -0.15) is 0 Å². The summed E-state index contributed by atoms with van der Waals surface area (Å²) in [6.45, 7) is 5.69. The van der Waals surface area contributed by atoms with E-state index in [1.54, 1.807) is 4.90 Å². The van der Waals surface area contributed by atoms with Crippen LogP contribution in [0.25, 0.3) is 6.08 Å². The Labute approximate surface area is 194 Å². The Balaban J connectivity index is 1.49. The van der Waals surface area contributed by atoms with E-state index in [2.05, 4.69) is 6.58 Å². The van der Waals surface area contributed by atoms with E-state index >= 15 is 0 Å². The van der Waals surface area contributed by atoms with E-state index in [4.69, 9.17) is 14.2 Å². The Bertz CT molecular complexity index is 869. The zero-order valence-electron chi connectivity index (χ0n) is 19.1. The fourth-order valence-corrected chi connectivity index (χ4v) is 4.69. The molecular formula is C26H33F2NO4. The highest BCUT2D eigenvalue weighted by Crippen LogP contribution is 2.39. The van der Waals surface area contributed by atoms with Crippen molar-refractivity contribution in [1.82, 2.24) is 0 Å². The normalized spacial score (nSPS) is 22.7. The number of hydrogen-bond donors (Lipinski definition) is 0. The topological polar surface area (TPSA) is 48.0 Å². The second kappa shape index (κ2) is 10.8.